The summed E-state index contributed by atoms with van der Waals surface area (Å²) in [5.41, 5.74) is 5.18. The van der Waals surface area contributed by atoms with Gasteiger partial charge in [0.2, 0.25) is 0 Å². The Morgan fingerprint density at radius 1 is 1.23 bits per heavy atom. The molecule has 2 saturated heterocycles. The molecule has 0 radical (unpaired) electrons. The number of pyridine rings is 1. The van der Waals surface area contributed by atoms with E-state index in [4.69, 9.17) is 26.8 Å². The molecule has 4 heterocycles. The molecular formula is C23H25ClF3N5O3. The monoisotopic (exact) mass is 511 g/mol. The van der Waals surface area contributed by atoms with Crippen LogP contribution in [0.1, 0.15) is 21.5 Å². The molecule has 1 atom stereocenters. The number of amides is 1. The number of anilines is 2. The Morgan fingerprint density at radius 2 is 1.97 bits per heavy atom. The zero-order valence-corrected chi connectivity index (χ0v) is 19.8. The first-order valence-electron chi connectivity index (χ1n) is 11.3. The van der Waals surface area contributed by atoms with Gasteiger partial charge in [-0.15, -0.1) is 0 Å². The van der Waals surface area contributed by atoms with Crippen LogP contribution in [-0.2, 0) is 10.9 Å². The summed E-state index contributed by atoms with van der Waals surface area (Å²) in [7, 11) is 0. The normalized spacial score (nSPS) is 20.7. The van der Waals surface area contributed by atoms with Gasteiger partial charge in [0, 0.05) is 38.3 Å². The molecule has 1 aromatic carbocycles. The molecule has 2 aromatic rings. The van der Waals surface area contributed by atoms with Gasteiger partial charge in [-0.05, 0) is 24.6 Å². The lowest BCUT2D eigenvalue weighted by Gasteiger charge is -2.35. The number of ether oxygens (including phenoxy) is 2. The standard InChI is InChI=1S/C23H25ClF3N5O3/c1-12-8-16(28)30-20(18(12)23(25,26)27)14-9-15(31-4-6-34-7-5-31)17-21(19(14)24)35-11-13-10-29-2-3-32(13)22(17)33/h8-9,13,29H,2-7,10-11H2,1H3,(H2,28,30)/t13-/m1/s1. The summed E-state index contributed by atoms with van der Waals surface area (Å²) in [4.78, 5) is 21.5. The second-order valence-corrected chi connectivity index (χ2v) is 9.19. The Kier molecular flexibility index (Phi) is 6.18. The van der Waals surface area contributed by atoms with Crippen LogP contribution in [0, 0.1) is 6.92 Å². The van der Waals surface area contributed by atoms with Crippen molar-refractivity contribution >= 4 is 29.0 Å². The number of benzene rings is 1. The summed E-state index contributed by atoms with van der Waals surface area (Å²) in [6, 6.07) is 2.46. The fourth-order valence-corrected chi connectivity index (χ4v) is 5.23. The molecule has 3 aliphatic heterocycles. The number of aryl methyl sites for hydroxylation is 1. The number of nitrogens with one attached hydrogen (secondary N) is 1. The van der Waals surface area contributed by atoms with Crippen molar-refractivity contribution in [3.05, 3.63) is 33.8 Å². The number of alkyl halides is 3. The van der Waals surface area contributed by atoms with Crippen LogP contribution in [0.4, 0.5) is 24.7 Å². The number of hydrogen-bond donors (Lipinski definition) is 2. The Balaban J connectivity index is 1.77. The Labute approximate surface area is 205 Å². The Morgan fingerprint density at radius 3 is 2.69 bits per heavy atom. The molecule has 0 unspecified atom stereocenters. The van der Waals surface area contributed by atoms with Gasteiger partial charge in [0.15, 0.2) is 5.75 Å². The van der Waals surface area contributed by atoms with E-state index in [1.165, 1.54) is 19.1 Å². The molecule has 0 aliphatic carbocycles. The number of morpholine rings is 1. The molecule has 1 amide bonds. The SMILES string of the molecule is Cc1cc(N)nc(-c2cc(N3CCOCC3)c3c(c2Cl)OC[C@H]2CNCCN2C3=O)c1C(F)(F)F. The highest BCUT2D eigenvalue weighted by atomic mass is 35.5. The summed E-state index contributed by atoms with van der Waals surface area (Å²) < 4.78 is 53.9. The largest absolute Gasteiger partial charge is 0.489 e. The lowest BCUT2D eigenvalue weighted by molar-refractivity contribution is -0.137. The number of carbonyl (C=O) groups is 1. The molecule has 188 valence electrons. The van der Waals surface area contributed by atoms with Crippen LogP contribution in [0.15, 0.2) is 12.1 Å². The predicted molar refractivity (Wildman–Crippen MR) is 125 cm³/mol. The van der Waals surface area contributed by atoms with Crippen LogP contribution < -0.4 is 20.7 Å². The first kappa shape index (κ1) is 24.0. The zero-order chi connectivity index (χ0) is 24.9. The minimum Gasteiger partial charge on any atom is -0.489 e. The molecule has 0 saturated carbocycles. The molecule has 1 aromatic heterocycles. The van der Waals surface area contributed by atoms with Crippen molar-refractivity contribution < 1.29 is 27.4 Å². The number of fused-ring (bicyclic) bond motifs is 2. The van der Waals surface area contributed by atoms with Gasteiger partial charge in [-0.2, -0.15) is 13.2 Å². The maximum atomic E-state index is 14.1. The molecular weight excluding hydrogens is 487 g/mol. The summed E-state index contributed by atoms with van der Waals surface area (Å²) in [5, 5.41) is 3.15. The molecule has 0 bridgehead atoms. The minimum atomic E-state index is -4.70. The number of nitrogens with zero attached hydrogens (tertiary/aromatic N) is 3. The first-order valence-corrected chi connectivity index (χ1v) is 11.7. The van der Waals surface area contributed by atoms with Crippen molar-refractivity contribution in [1.82, 2.24) is 15.2 Å². The topological polar surface area (TPSA) is 92.9 Å². The number of piperazine rings is 1. The maximum Gasteiger partial charge on any atom is 0.418 e. The zero-order valence-electron chi connectivity index (χ0n) is 19.0. The highest BCUT2D eigenvalue weighted by Crippen LogP contribution is 2.48. The van der Waals surface area contributed by atoms with Crippen LogP contribution in [0.2, 0.25) is 5.02 Å². The van der Waals surface area contributed by atoms with Gasteiger partial charge in [0.05, 0.1) is 41.2 Å². The van der Waals surface area contributed by atoms with Crippen molar-refractivity contribution in [3.8, 4) is 17.0 Å². The van der Waals surface area contributed by atoms with E-state index >= 15 is 0 Å². The third-order valence-corrected chi connectivity index (χ3v) is 6.95. The lowest BCUT2D eigenvalue weighted by Crippen LogP contribution is -2.55. The number of rotatable bonds is 2. The van der Waals surface area contributed by atoms with Gasteiger partial charge >= 0.3 is 6.18 Å². The van der Waals surface area contributed by atoms with Gasteiger partial charge in [-0.25, -0.2) is 4.98 Å². The number of aromatic nitrogens is 1. The van der Waals surface area contributed by atoms with Crippen LogP contribution in [0.25, 0.3) is 11.3 Å². The highest BCUT2D eigenvalue weighted by molar-refractivity contribution is 6.36. The average Bonchev–Trinajstić information content (AvgIpc) is 2.96. The molecule has 12 heteroatoms. The summed E-state index contributed by atoms with van der Waals surface area (Å²) in [6.07, 6.45) is -4.70. The quantitative estimate of drug-likeness (QED) is 0.640. The smallest absolute Gasteiger partial charge is 0.418 e. The number of carbonyl (C=O) groups excluding carboxylic acids is 1. The summed E-state index contributed by atoms with van der Waals surface area (Å²) >= 11 is 6.73. The fourth-order valence-electron chi connectivity index (χ4n) is 4.94. The van der Waals surface area contributed by atoms with Crippen LogP contribution >= 0.6 is 11.6 Å². The van der Waals surface area contributed by atoms with E-state index in [1.807, 2.05) is 4.90 Å². The second kappa shape index (κ2) is 9.03. The van der Waals surface area contributed by atoms with Crippen molar-refractivity contribution in [2.45, 2.75) is 19.1 Å². The molecule has 8 nitrogen and oxygen atoms in total. The van der Waals surface area contributed by atoms with Gasteiger partial charge < -0.3 is 30.3 Å². The lowest BCUT2D eigenvalue weighted by atomic mass is 9.97. The second-order valence-electron chi connectivity index (χ2n) is 8.81. The number of halogens is 4. The van der Waals surface area contributed by atoms with Crippen molar-refractivity contribution in [3.63, 3.8) is 0 Å². The number of hydrogen-bond acceptors (Lipinski definition) is 7. The predicted octanol–water partition coefficient (Wildman–Crippen LogP) is 2.95. The van der Waals surface area contributed by atoms with Gasteiger partial charge in [0.1, 0.15) is 18.0 Å². The van der Waals surface area contributed by atoms with Crippen LogP contribution in [-0.4, -0.2) is 74.4 Å². The number of nitrogen functional groups attached to an aromatic ring is 1. The van der Waals surface area contributed by atoms with Crippen molar-refractivity contribution in [2.75, 3.05) is 63.2 Å². The maximum absolute atomic E-state index is 14.1. The molecule has 3 aliphatic rings. The number of nitrogens with two attached hydrogens (primary N) is 1. The van der Waals surface area contributed by atoms with E-state index in [0.29, 0.717) is 51.6 Å². The minimum absolute atomic E-state index is 0.0143. The third kappa shape index (κ3) is 4.25. The highest BCUT2D eigenvalue weighted by Gasteiger charge is 2.41. The Hall–Kier alpha value is -2.76. The molecule has 5 rings (SSSR count). The van der Waals surface area contributed by atoms with E-state index in [0.717, 1.165) is 0 Å². The third-order valence-electron chi connectivity index (χ3n) is 6.57. The van der Waals surface area contributed by atoms with Crippen LogP contribution in [0.3, 0.4) is 0 Å². The average molecular weight is 512 g/mol. The molecule has 0 spiro atoms. The van der Waals surface area contributed by atoms with Gasteiger partial charge in [0.25, 0.3) is 5.91 Å². The van der Waals surface area contributed by atoms with E-state index in [-0.39, 0.29) is 51.8 Å². The molecule has 2 fully saturated rings. The van der Waals surface area contributed by atoms with E-state index in [9.17, 15) is 18.0 Å². The first-order chi connectivity index (χ1) is 16.7. The van der Waals surface area contributed by atoms with E-state index in [1.54, 1.807) is 4.90 Å². The summed E-state index contributed by atoms with van der Waals surface area (Å²) in [6.45, 7) is 4.92. The Bertz CT molecular complexity index is 1170. The van der Waals surface area contributed by atoms with E-state index in [2.05, 4.69) is 10.3 Å². The molecule has 35 heavy (non-hydrogen) atoms. The van der Waals surface area contributed by atoms with E-state index < -0.39 is 17.4 Å². The van der Waals surface area contributed by atoms with Crippen molar-refractivity contribution in [1.29, 1.82) is 0 Å². The molecule has 3 N–H and O–H groups in total. The van der Waals surface area contributed by atoms with Crippen molar-refractivity contribution in [2.24, 2.45) is 0 Å². The fraction of sp³-hybridized carbons (Fsp3) is 0.478. The summed E-state index contributed by atoms with van der Waals surface area (Å²) in [5.74, 6) is -0.253. The van der Waals surface area contributed by atoms with Crippen LogP contribution in [0.5, 0.6) is 5.75 Å². The van der Waals surface area contributed by atoms with Gasteiger partial charge in [-0.3, -0.25) is 4.79 Å². The van der Waals surface area contributed by atoms with Gasteiger partial charge in [-0.1, -0.05) is 11.6 Å².